The van der Waals surface area contributed by atoms with Crippen LogP contribution in [0, 0.1) is 5.92 Å². The lowest BCUT2D eigenvalue weighted by molar-refractivity contribution is 0.189. The van der Waals surface area contributed by atoms with Gasteiger partial charge in [0.1, 0.15) is 0 Å². The molecule has 1 aromatic rings. The van der Waals surface area contributed by atoms with Gasteiger partial charge >= 0.3 is 0 Å². The number of nitrogens with one attached hydrogen (secondary N) is 2. The highest BCUT2D eigenvalue weighted by molar-refractivity contribution is 14.0. The molecule has 0 amide bonds. The first kappa shape index (κ1) is 20.7. The second-order valence-electron chi connectivity index (χ2n) is 6.06. The van der Waals surface area contributed by atoms with Crippen molar-refractivity contribution in [3.8, 4) is 0 Å². The van der Waals surface area contributed by atoms with Crippen molar-refractivity contribution >= 4 is 41.3 Å². The summed E-state index contributed by atoms with van der Waals surface area (Å²) in [5, 5.41) is 8.90. The van der Waals surface area contributed by atoms with Gasteiger partial charge in [-0.1, -0.05) is 13.0 Å². The maximum absolute atomic E-state index is 4.71. The van der Waals surface area contributed by atoms with Crippen molar-refractivity contribution in [2.24, 2.45) is 10.9 Å². The zero-order valence-electron chi connectivity index (χ0n) is 14.4. The molecular weight excluding hydrogens is 419 g/mol. The molecule has 0 spiro atoms. The Kier molecular flexibility index (Phi) is 10.9. The van der Waals surface area contributed by atoms with E-state index in [-0.39, 0.29) is 24.0 Å². The van der Waals surface area contributed by atoms with Crippen LogP contribution in [0.4, 0.5) is 0 Å². The molecule has 2 rings (SSSR count). The third-order valence-electron chi connectivity index (χ3n) is 4.02. The largest absolute Gasteiger partial charge is 0.357 e. The number of aliphatic imine (C=N–C) groups is 1. The molecule has 0 aliphatic carbocycles. The second kappa shape index (κ2) is 12.1. The van der Waals surface area contributed by atoms with Gasteiger partial charge in [-0.25, -0.2) is 0 Å². The predicted octanol–water partition coefficient (Wildman–Crippen LogP) is 3.20. The second-order valence-corrected chi connectivity index (χ2v) is 7.10. The molecule has 0 saturated carbocycles. The van der Waals surface area contributed by atoms with Gasteiger partial charge < -0.3 is 15.5 Å². The SMILES string of the molecule is CCNC(=NCCN1CCCC(C)C1)NCCc1cccs1.I. The molecule has 23 heavy (non-hydrogen) atoms. The number of thiophene rings is 1. The first-order chi connectivity index (χ1) is 10.8. The highest BCUT2D eigenvalue weighted by Gasteiger charge is 2.15. The van der Waals surface area contributed by atoms with Gasteiger partial charge in [-0.2, -0.15) is 0 Å². The standard InChI is InChI=1S/C17H30N4S.HI/c1-3-18-17(19-9-8-16-7-5-13-22-16)20-10-12-21-11-4-6-15(2)14-21;/h5,7,13,15H,3-4,6,8-12,14H2,1-2H3,(H2,18,19,20);1H. The Morgan fingerprint density at radius 2 is 2.30 bits per heavy atom. The first-order valence-electron chi connectivity index (χ1n) is 8.55. The van der Waals surface area contributed by atoms with Gasteiger partial charge in [-0.05, 0) is 50.1 Å². The van der Waals surface area contributed by atoms with Gasteiger partial charge in [-0.3, -0.25) is 4.99 Å². The number of nitrogens with zero attached hydrogens (tertiary/aromatic N) is 2. The van der Waals surface area contributed by atoms with Gasteiger partial charge in [0.05, 0.1) is 6.54 Å². The Morgan fingerprint density at radius 3 is 3.00 bits per heavy atom. The molecule has 1 unspecified atom stereocenters. The van der Waals surface area contributed by atoms with E-state index in [1.807, 2.05) is 11.3 Å². The average molecular weight is 450 g/mol. The normalized spacial score (nSPS) is 19.2. The van der Waals surface area contributed by atoms with Crippen molar-refractivity contribution in [2.45, 2.75) is 33.1 Å². The van der Waals surface area contributed by atoms with Crippen LogP contribution in [-0.4, -0.2) is 50.1 Å². The molecule has 1 aromatic heterocycles. The monoisotopic (exact) mass is 450 g/mol. The maximum Gasteiger partial charge on any atom is 0.191 e. The molecule has 1 aliphatic rings. The van der Waals surface area contributed by atoms with Crippen LogP contribution in [0.3, 0.4) is 0 Å². The smallest absolute Gasteiger partial charge is 0.191 e. The maximum atomic E-state index is 4.71. The Morgan fingerprint density at radius 1 is 1.43 bits per heavy atom. The van der Waals surface area contributed by atoms with E-state index in [0.717, 1.165) is 44.5 Å². The lowest BCUT2D eigenvalue weighted by Crippen LogP contribution is -2.40. The van der Waals surface area contributed by atoms with Gasteiger partial charge in [0.2, 0.25) is 0 Å². The number of piperidine rings is 1. The van der Waals surface area contributed by atoms with Crippen molar-refractivity contribution in [1.29, 1.82) is 0 Å². The molecular formula is C17H31IN4S. The van der Waals surface area contributed by atoms with Crippen LogP contribution < -0.4 is 10.6 Å². The quantitative estimate of drug-likeness (QED) is 0.381. The fraction of sp³-hybridized carbons (Fsp3) is 0.706. The van der Waals surface area contributed by atoms with Gasteiger partial charge in [-0.15, -0.1) is 35.3 Å². The Balaban J connectivity index is 0.00000264. The summed E-state index contributed by atoms with van der Waals surface area (Å²) in [5.74, 6) is 1.79. The minimum atomic E-state index is 0. The van der Waals surface area contributed by atoms with E-state index in [1.165, 1.54) is 30.8 Å². The Hall–Kier alpha value is -0.340. The summed E-state index contributed by atoms with van der Waals surface area (Å²) < 4.78 is 0. The Labute approximate surface area is 162 Å². The molecule has 0 radical (unpaired) electrons. The summed E-state index contributed by atoms with van der Waals surface area (Å²) in [6.45, 7) is 10.7. The number of guanidine groups is 1. The van der Waals surface area contributed by atoms with Crippen LogP contribution in [0.2, 0.25) is 0 Å². The molecule has 1 aliphatic heterocycles. The van der Waals surface area contributed by atoms with Gasteiger partial charge in [0.15, 0.2) is 5.96 Å². The van der Waals surface area contributed by atoms with Crippen molar-refractivity contribution in [1.82, 2.24) is 15.5 Å². The summed E-state index contributed by atoms with van der Waals surface area (Å²) >= 11 is 1.82. The fourth-order valence-electron chi connectivity index (χ4n) is 2.89. The van der Waals surface area contributed by atoms with Crippen LogP contribution in [0.15, 0.2) is 22.5 Å². The van der Waals surface area contributed by atoms with Crippen molar-refractivity contribution in [3.63, 3.8) is 0 Å². The van der Waals surface area contributed by atoms with Gasteiger partial charge in [0.25, 0.3) is 0 Å². The van der Waals surface area contributed by atoms with E-state index >= 15 is 0 Å². The third-order valence-corrected chi connectivity index (χ3v) is 4.95. The van der Waals surface area contributed by atoms with E-state index in [4.69, 9.17) is 4.99 Å². The molecule has 2 N–H and O–H groups in total. The van der Waals surface area contributed by atoms with Crippen LogP contribution >= 0.6 is 35.3 Å². The van der Waals surface area contributed by atoms with Crippen LogP contribution in [-0.2, 0) is 6.42 Å². The van der Waals surface area contributed by atoms with Crippen LogP contribution in [0.1, 0.15) is 31.6 Å². The molecule has 6 heteroatoms. The zero-order valence-corrected chi connectivity index (χ0v) is 17.5. The molecule has 4 nitrogen and oxygen atoms in total. The highest BCUT2D eigenvalue weighted by atomic mass is 127. The van der Waals surface area contributed by atoms with Crippen molar-refractivity contribution in [2.75, 3.05) is 39.3 Å². The predicted molar refractivity (Wildman–Crippen MR) is 112 cm³/mol. The van der Waals surface area contributed by atoms with E-state index in [2.05, 4.69) is 46.9 Å². The van der Waals surface area contributed by atoms with E-state index < -0.39 is 0 Å². The third kappa shape index (κ3) is 8.35. The lowest BCUT2D eigenvalue weighted by Gasteiger charge is -2.30. The topological polar surface area (TPSA) is 39.7 Å². The van der Waals surface area contributed by atoms with E-state index in [9.17, 15) is 0 Å². The zero-order chi connectivity index (χ0) is 15.6. The highest BCUT2D eigenvalue weighted by Crippen LogP contribution is 2.14. The fourth-order valence-corrected chi connectivity index (χ4v) is 3.60. The molecule has 0 bridgehead atoms. The summed E-state index contributed by atoms with van der Waals surface area (Å²) in [6, 6.07) is 4.30. The summed E-state index contributed by atoms with van der Waals surface area (Å²) in [4.78, 5) is 8.68. The molecule has 1 fully saturated rings. The average Bonchev–Trinajstić information content (AvgIpc) is 3.01. The Bertz CT molecular complexity index is 436. The minimum absolute atomic E-state index is 0. The first-order valence-corrected chi connectivity index (χ1v) is 9.42. The minimum Gasteiger partial charge on any atom is -0.357 e. The summed E-state index contributed by atoms with van der Waals surface area (Å²) in [5.41, 5.74) is 0. The van der Waals surface area contributed by atoms with Crippen LogP contribution in [0.5, 0.6) is 0 Å². The molecule has 2 heterocycles. The number of rotatable bonds is 7. The van der Waals surface area contributed by atoms with E-state index in [1.54, 1.807) is 0 Å². The summed E-state index contributed by atoms with van der Waals surface area (Å²) in [7, 11) is 0. The van der Waals surface area contributed by atoms with Crippen LogP contribution in [0.25, 0.3) is 0 Å². The molecule has 1 saturated heterocycles. The summed E-state index contributed by atoms with van der Waals surface area (Å²) in [6.07, 6.45) is 3.78. The van der Waals surface area contributed by atoms with Crippen molar-refractivity contribution < 1.29 is 0 Å². The van der Waals surface area contributed by atoms with Gasteiger partial charge in [0, 0.05) is 31.1 Å². The molecule has 0 aromatic carbocycles. The van der Waals surface area contributed by atoms with Crippen molar-refractivity contribution in [3.05, 3.63) is 22.4 Å². The number of likely N-dealkylation sites (tertiary alicyclic amines) is 1. The molecule has 132 valence electrons. The number of halogens is 1. The number of hydrogen-bond donors (Lipinski definition) is 2. The van der Waals surface area contributed by atoms with E-state index in [0.29, 0.717) is 0 Å². The lowest BCUT2D eigenvalue weighted by atomic mass is 10.0. The molecule has 1 atom stereocenters. The number of hydrogen-bond acceptors (Lipinski definition) is 3.